The maximum atomic E-state index is 12.5. The van der Waals surface area contributed by atoms with Crippen LogP contribution >= 0.6 is 11.6 Å². The average molecular weight is 474 g/mol. The van der Waals surface area contributed by atoms with Crippen molar-refractivity contribution in [2.24, 2.45) is 0 Å². The predicted octanol–water partition coefficient (Wildman–Crippen LogP) is 2.80. The number of carboxylic acid groups (broad SMARTS) is 1. The van der Waals surface area contributed by atoms with Gasteiger partial charge in [-0.25, -0.2) is 9.97 Å². The topological polar surface area (TPSA) is 125 Å². The number of likely N-dealkylation sites (N-methyl/N-ethyl adjacent to an activating group) is 1. The number of rotatable bonds is 9. The number of nitrogens with one attached hydrogen (secondary N) is 2. The molecule has 33 heavy (non-hydrogen) atoms. The van der Waals surface area contributed by atoms with Gasteiger partial charge in [0.25, 0.3) is 0 Å². The van der Waals surface area contributed by atoms with Crippen LogP contribution in [0.5, 0.6) is 0 Å². The standard InChI is InChI=1S/C23H28ClN5O4/c1-14(30)25-17-9-7-15(8-10-17)11-19-27-22(24)18(12-21(32)33)23(28-19)29(2)13-20(31)26-16-5-3-4-6-16/h7-10,16H,3-6,11-13H2,1-2H3,(H,25,30)(H,26,31)(H,32,33). The van der Waals surface area contributed by atoms with Crippen molar-refractivity contribution < 1.29 is 19.5 Å². The van der Waals surface area contributed by atoms with Crippen LogP contribution < -0.4 is 15.5 Å². The Morgan fingerprint density at radius 2 is 1.82 bits per heavy atom. The van der Waals surface area contributed by atoms with Crippen LogP contribution in [0.2, 0.25) is 5.15 Å². The summed E-state index contributed by atoms with van der Waals surface area (Å²) in [5, 5.41) is 15.1. The Morgan fingerprint density at radius 3 is 2.42 bits per heavy atom. The lowest BCUT2D eigenvalue weighted by molar-refractivity contribution is -0.136. The van der Waals surface area contributed by atoms with Crippen molar-refractivity contribution in [3.63, 3.8) is 0 Å². The van der Waals surface area contributed by atoms with Crippen molar-refractivity contribution in [1.29, 1.82) is 0 Å². The molecule has 0 bridgehead atoms. The number of hydrogen-bond acceptors (Lipinski definition) is 6. The van der Waals surface area contributed by atoms with Gasteiger partial charge in [0.15, 0.2) is 0 Å². The number of nitrogens with zero attached hydrogens (tertiary/aromatic N) is 3. The van der Waals surface area contributed by atoms with E-state index < -0.39 is 5.97 Å². The lowest BCUT2D eigenvalue weighted by atomic mass is 10.1. The number of aromatic nitrogens is 2. The van der Waals surface area contributed by atoms with Crippen molar-refractivity contribution in [3.8, 4) is 0 Å². The molecule has 1 aliphatic rings. The van der Waals surface area contributed by atoms with Gasteiger partial charge in [-0.2, -0.15) is 0 Å². The molecule has 3 rings (SSSR count). The molecule has 0 saturated heterocycles. The summed E-state index contributed by atoms with van der Waals surface area (Å²) in [6.07, 6.45) is 4.17. The van der Waals surface area contributed by atoms with Crippen LogP contribution in [0.15, 0.2) is 24.3 Å². The lowest BCUT2D eigenvalue weighted by Gasteiger charge is -2.22. The van der Waals surface area contributed by atoms with Crippen LogP contribution in [-0.4, -0.2) is 52.5 Å². The fourth-order valence-electron chi connectivity index (χ4n) is 3.91. The Kier molecular flexibility index (Phi) is 8.21. The van der Waals surface area contributed by atoms with Gasteiger partial charge in [-0.05, 0) is 30.5 Å². The summed E-state index contributed by atoms with van der Waals surface area (Å²) in [5.74, 6) is -0.637. The highest BCUT2D eigenvalue weighted by molar-refractivity contribution is 6.30. The average Bonchev–Trinajstić information content (AvgIpc) is 3.23. The van der Waals surface area contributed by atoms with Crippen LogP contribution in [-0.2, 0) is 27.2 Å². The smallest absolute Gasteiger partial charge is 0.308 e. The zero-order valence-corrected chi connectivity index (χ0v) is 19.5. The Hall–Kier alpha value is -3.20. The summed E-state index contributed by atoms with van der Waals surface area (Å²) < 4.78 is 0. The zero-order valence-electron chi connectivity index (χ0n) is 18.7. The molecule has 1 heterocycles. The first-order chi connectivity index (χ1) is 15.7. The molecule has 3 N–H and O–H groups in total. The molecular weight excluding hydrogens is 446 g/mol. The quantitative estimate of drug-likeness (QED) is 0.478. The summed E-state index contributed by atoms with van der Waals surface area (Å²) in [5.41, 5.74) is 1.83. The summed E-state index contributed by atoms with van der Waals surface area (Å²) in [6, 6.07) is 7.42. The molecule has 1 aromatic heterocycles. The second-order valence-electron chi connectivity index (χ2n) is 8.26. The third-order valence-corrected chi connectivity index (χ3v) is 5.72. The maximum Gasteiger partial charge on any atom is 0.308 e. The molecule has 2 aromatic rings. The molecule has 2 amide bonds. The molecule has 0 unspecified atom stereocenters. The van der Waals surface area contributed by atoms with Crippen LogP contribution in [0, 0.1) is 0 Å². The van der Waals surface area contributed by atoms with Crippen LogP contribution in [0.25, 0.3) is 0 Å². The van der Waals surface area contributed by atoms with E-state index in [1.165, 1.54) is 6.92 Å². The minimum absolute atomic E-state index is 0.0291. The summed E-state index contributed by atoms with van der Waals surface area (Å²) in [4.78, 5) is 45.5. The van der Waals surface area contributed by atoms with E-state index in [9.17, 15) is 19.5 Å². The van der Waals surface area contributed by atoms with Crippen molar-refractivity contribution in [3.05, 3.63) is 46.4 Å². The number of anilines is 2. The molecule has 1 saturated carbocycles. The molecule has 1 aliphatic carbocycles. The van der Waals surface area contributed by atoms with Gasteiger partial charge in [-0.15, -0.1) is 0 Å². The van der Waals surface area contributed by atoms with E-state index in [4.69, 9.17) is 11.6 Å². The summed E-state index contributed by atoms with van der Waals surface area (Å²) >= 11 is 6.36. The number of amides is 2. The number of aliphatic carboxylic acids is 1. The number of carbonyl (C=O) groups excluding carboxylic acids is 2. The van der Waals surface area contributed by atoms with Gasteiger partial charge in [0.05, 0.1) is 13.0 Å². The second kappa shape index (κ2) is 11.1. The van der Waals surface area contributed by atoms with Gasteiger partial charge < -0.3 is 20.6 Å². The minimum atomic E-state index is -1.06. The maximum absolute atomic E-state index is 12.5. The lowest BCUT2D eigenvalue weighted by Crippen LogP contribution is -2.40. The fraction of sp³-hybridized carbons (Fsp3) is 0.435. The van der Waals surface area contributed by atoms with Crippen LogP contribution in [0.3, 0.4) is 0 Å². The highest BCUT2D eigenvalue weighted by atomic mass is 35.5. The van der Waals surface area contributed by atoms with Crippen molar-refractivity contribution in [2.45, 2.75) is 51.5 Å². The van der Waals surface area contributed by atoms with Gasteiger partial charge in [0, 0.05) is 37.7 Å². The first kappa shape index (κ1) is 24.4. The molecule has 0 spiro atoms. The Labute approximate surface area is 197 Å². The normalized spacial score (nSPS) is 13.5. The van der Waals surface area contributed by atoms with E-state index in [0.717, 1.165) is 31.2 Å². The molecule has 0 atom stereocenters. The largest absolute Gasteiger partial charge is 0.481 e. The van der Waals surface area contributed by atoms with E-state index >= 15 is 0 Å². The second-order valence-corrected chi connectivity index (χ2v) is 8.62. The van der Waals surface area contributed by atoms with Gasteiger partial charge >= 0.3 is 5.97 Å². The van der Waals surface area contributed by atoms with E-state index in [2.05, 4.69) is 20.6 Å². The summed E-state index contributed by atoms with van der Waals surface area (Å²) in [7, 11) is 1.68. The molecule has 9 nitrogen and oxygen atoms in total. The first-order valence-electron chi connectivity index (χ1n) is 10.9. The van der Waals surface area contributed by atoms with Crippen molar-refractivity contribution in [2.75, 3.05) is 23.8 Å². The summed E-state index contributed by atoms with van der Waals surface area (Å²) in [6.45, 7) is 1.47. The SMILES string of the molecule is CC(=O)Nc1ccc(Cc2nc(Cl)c(CC(=O)O)c(N(C)CC(=O)NC3CCCC3)n2)cc1. The van der Waals surface area contributed by atoms with E-state index in [1.54, 1.807) is 24.1 Å². The van der Waals surface area contributed by atoms with Crippen LogP contribution in [0.1, 0.15) is 49.6 Å². The predicted molar refractivity (Wildman–Crippen MR) is 126 cm³/mol. The number of carboxylic acids is 1. The monoisotopic (exact) mass is 473 g/mol. The Bertz CT molecular complexity index is 1020. The fourth-order valence-corrected chi connectivity index (χ4v) is 4.16. The Balaban J connectivity index is 1.80. The Morgan fingerprint density at radius 1 is 1.15 bits per heavy atom. The number of hydrogen-bond donors (Lipinski definition) is 3. The molecule has 176 valence electrons. The first-order valence-corrected chi connectivity index (χ1v) is 11.2. The number of benzene rings is 1. The van der Waals surface area contributed by atoms with Gasteiger partial charge in [-0.3, -0.25) is 14.4 Å². The zero-order chi connectivity index (χ0) is 24.0. The van der Waals surface area contributed by atoms with Crippen molar-refractivity contribution in [1.82, 2.24) is 15.3 Å². The third kappa shape index (κ3) is 7.15. The van der Waals surface area contributed by atoms with Gasteiger partial charge in [-0.1, -0.05) is 36.6 Å². The van der Waals surface area contributed by atoms with Gasteiger partial charge in [0.1, 0.15) is 16.8 Å². The molecular formula is C23H28ClN5O4. The molecule has 1 fully saturated rings. The highest BCUT2D eigenvalue weighted by Crippen LogP contribution is 2.26. The van der Waals surface area contributed by atoms with E-state index in [0.29, 0.717) is 23.8 Å². The third-order valence-electron chi connectivity index (χ3n) is 5.41. The van der Waals surface area contributed by atoms with Crippen LogP contribution in [0.4, 0.5) is 11.5 Å². The minimum Gasteiger partial charge on any atom is -0.481 e. The number of carbonyl (C=O) groups is 3. The highest BCUT2D eigenvalue weighted by Gasteiger charge is 2.22. The molecule has 10 heteroatoms. The van der Waals surface area contributed by atoms with E-state index in [1.807, 2.05) is 12.1 Å². The van der Waals surface area contributed by atoms with Crippen molar-refractivity contribution >= 4 is 40.9 Å². The van der Waals surface area contributed by atoms with E-state index in [-0.39, 0.29) is 41.5 Å². The van der Waals surface area contributed by atoms with Gasteiger partial charge in [0.2, 0.25) is 11.8 Å². The number of halogens is 1. The molecule has 0 aliphatic heterocycles. The molecule has 0 radical (unpaired) electrons. The molecule has 1 aromatic carbocycles.